The van der Waals surface area contributed by atoms with Crippen molar-refractivity contribution in [1.82, 2.24) is 0 Å². The van der Waals surface area contributed by atoms with Gasteiger partial charge in [-0.3, -0.25) is 14.4 Å². The van der Waals surface area contributed by atoms with Gasteiger partial charge in [0, 0.05) is 19.3 Å². The van der Waals surface area contributed by atoms with Crippen LogP contribution in [0.3, 0.4) is 0 Å². The van der Waals surface area contributed by atoms with Crippen LogP contribution in [0.25, 0.3) is 0 Å². The molecule has 440 valence electrons. The van der Waals surface area contributed by atoms with Gasteiger partial charge in [0.05, 0.1) is 0 Å². The average Bonchev–Trinajstić information content (AvgIpc) is 3.36. The molecule has 0 unspecified atom stereocenters. The van der Waals surface area contributed by atoms with E-state index in [2.05, 4.69) is 41.5 Å². The van der Waals surface area contributed by atoms with Gasteiger partial charge >= 0.3 is 17.9 Å². The van der Waals surface area contributed by atoms with E-state index in [0.29, 0.717) is 19.3 Å². The van der Waals surface area contributed by atoms with E-state index in [1.54, 1.807) is 0 Å². The summed E-state index contributed by atoms with van der Waals surface area (Å²) in [6.45, 7) is 13.8. The lowest BCUT2D eigenvalue weighted by Gasteiger charge is -2.18. The summed E-state index contributed by atoms with van der Waals surface area (Å²) in [5.41, 5.74) is 0. The van der Waals surface area contributed by atoms with Crippen LogP contribution in [0.4, 0.5) is 0 Å². The van der Waals surface area contributed by atoms with Gasteiger partial charge in [-0.1, -0.05) is 343 Å². The molecule has 0 aromatic carbocycles. The highest BCUT2D eigenvalue weighted by atomic mass is 16.6. The second kappa shape index (κ2) is 59.1. The summed E-state index contributed by atoms with van der Waals surface area (Å²) < 4.78 is 17.0. The first-order valence-corrected chi connectivity index (χ1v) is 33.6. The summed E-state index contributed by atoms with van der Waals surface area (Å²) in [7, 11) is 0. The van der Waals surface area contributed by atoms with Crippen molar-refractivity contribution >= 4 is 17.9 Å². The maximum Gasteiger partial charge on any atom is 0.306 e. The van der Waals surface area contributed by atoms with E-state index in [-0.39, 0.29) is 31.1 Å². The molecule has 0 fully saturated rings. The van der Waals surface area contributed by atoms with Gasteiger partial charge in [0.1, 0.15) is 13.2 Å². The molecule has 0 heterocycles. The summed E-state index contributed by atoms with van der Waals surface area (Å²) >= 11 is 0. The third-order valence-corrected chi connectivity index (χ3v) is 15.6. The summed E-state index contributed by atoms with van der Waals surface area (Å²) in [5, 5.41) is 0. The number of hydrogen-bond acceptors (Lipinski definition) is 6. The first-order chi connectivity index (χ1) is 36.1. The minimum atomic E-state index is -0.765. The van der Waals surface area contributed by atoms with Crippen molar-refractivity contribution in [3.05, 3.63) is 0 Å². The maximum absolute atomic E-state index is 12.9. The minimum Gasteiger partial charge on any atom is -0.462 e. The zero-order chi connectivity index (χ0) is 54.1. The lowest BCUT2D eigenvalue weighted by molar-refractivity contribution is -0.167. The predicted octanol–water partition coefficient (Wildman–Crippen LogP) is 22.6. The highest BCUT2D eigenvalue weighted by Crippen LogP contribution is 2.20. The second-order valence-electron chi connectivity index (χ2n) is 24.9. The first-order valence-electron chi connectivity index (χ1n) is 33.6. The van der Waals surface area contributed by atoms with Gasteiger partial charge in [0.25, 0.3) is 0 Å². The molecular weight excluding hydrogens is 913 g/mol. The maximum atomic E-state index is 12.9. The van der Waals surface area contributed by atoms with Crippen molar-refractivity contribution in [1.29, 1.82) is 0 Å². The van der Waals surface area contributed by atoms with E-state index < -0.39 is 6.10 Å². The normalized spacial score (nSPS) is 12.1. The monoisotopic (exact) mass is 1050 g/mol. The van der Waals surface area contributed by atoms with Gasteiger partial charge in [-0.25, -0.2) is 0 Å². The van der Waals surface area contributed by atoms with Crippen LogP contribution in [0.2, 0.25) is 0 Å². The number of carbonyl (C=O) groups excluding carboxylic acids is 3. The van der Waals surface area contributed by atoms with Gasteiger partial charge in [0.15, 0.2) is 6.10 Å². The number of rotatable bonds is 61. The minimum absolute atomic E-state index is 0.0621. The SMILES string of the molecule is CC(C)CCCCCCCCCCCCCCCCCCCCC(=O)OC[C@@H](COC(=O)CCCCCCCCCCCCCCCC(C)C)OC(=O)CCCCCCCCCCCCCCCCCCC(C)C. The molecule has 0 aromatic rings. The Morgan fingerprint density at radius 2 is 0.392 bits per heavy atom. The number of esters is 3. The Labute approximate surface area is 463 Å². The van der Waals surface area contributed by atoms with Gasteiger partial charge in [-0.2, -0.15) is 0 Å². The van der Waals surface area contributed by atoms with E-state index in [0.717, 1.165) is 75.5 Å². The lowest BCUT2D eigenvalue weighted by Crippen LogP contribution is -2.30. The molecule has 1 atom stereocenters. The third-order valence-electron chi connectivity index (χ3n) is 15.6. The van der Waals surface area contributed by atoms with E-state index >= 15 is 0 Å². The molecule has 74 heavy (non-hydrogen) atoms. The molecule has 6 heteroatoms. The van der Waals surface area contributed by atoms with Crippen molar-refractivity contribution in [3.8, 4) is 0 Å². The van der Waals surface area contributed by atoms with Crippen LogP contribution in [0.1, 0.15) is 382 Å². The van der Waals surface area contributed by atoms with E-state index in [1.165, 1.54) is 263 Å². The fourth-order valence-corrected chi connectivity index (χ4v) is 10.6. The number of ether oxygens (including phenoxy) is 3. The van der Waals surface area contributed by atoms with Crippen molar-refractivity contribution in [2.24, 2.45) is 17.8 Å². The van der Waals surface area contributed by atoms with Crippen LogP contribution in [-0.4, -0.2) is 37.2 Å². The smallest absolute Gasteiger partial charge is 0.306 e. The molecule has 0 saturated heterocycles. The molecule has 0 rings (SSSR count). The first kappa shape index (κ1) is 72.4. The van der Waals surface area contributed by atoms with Gasteiger partial charge in [0.2, 0.25) is 0 Å². The van der Waals surface area contributed by atoms with Gasteiger partial charge in [-0.15, -0.1) is 0 Å². The Balaban J connectivity index is 4.27. The largest absolute Gasteiger partial charge is 0.462 e. The Morgan fingerprint density at radius 3 is 0.581 bits per heavy atom. The summed E-state index contributed by atoms with van der Waals surface area (Å²) in [6.07, 6.45) is 65.4. The quantitative estimate of drug-likeness (QED) is 0.0343. The fourth-order valence-electron chi connectivity index (χ4n) is 10.6. The fraction of sp³-hybridized carbons (Fsp3) is 0.956. The summed E-state index contributed by atoms with van der Waals surface area (Å²) in [5.74, 6) is 1.72. The van der Waals surface area contributed by atoms with Crippen molar-refractivity contribution in [2.45, 2.75) is 388 Å². The Morgan fingerprint density at radius 1 is 0.230 bits per heavy atom. The van der Waals surface area contributed by atoms with Crippen LogP contribution in [0.5, 0.6) is 0 Å². The molecule has 0 saturated carbocycles. The lowest BCUT2D eigenvalue weighted by atomic mass is 10.0. The zero-order valence-electron chi connectivity index (χ0n) is 51.1. The van der Waals surface area contributed by atoms with Crippen molar-refractivity contribution in [3.63, 3.8) is 0 Å². The van der Waals surface area contributed by atoms with Gasteiger partial charge < -0.3 is 14.2 Å². The molecule has 0 aliphatic rings. The Kier molecular flexibility index (Phi) is 57.8. The van der Waals surface area contributed by atoms with Crippen LogP contribution in [-0.2, 0) is 28.6 Å². The molecule has 0 aromatic heterocycles. The molecule has 0 amide bonds. The number of hydrogen-bond donors (Lipinski definition) is 0. The van der Waals surface area contributed by atoms with E-state index in [4.69, 9.17) is 14.2 Å². The predicted molar refractivity (Wildman–Crippen MR) is 321 cm³/mol. The molecular formula is C68H132O6. The van der Waals surface area contributed by atoms with Crippen LogP contribution in [0, 0.1) is 17.8 Å². The van der Waals surface area contributed by atoms with Gasteiger partial charge in [-0.05, 0) is 37.0 Å². The highest BCUT2D eigenvalue weighted by molar-refractivity contribution is 5.71. The summed E-state index contributed by atoms with van der Waals surface area (Å²) in [6, 6.07) is 0. The number of unbranched alkanes of at least 4 members (excludes halogenated alkanes) is 44. The molecule has 0 N–H and O–H groups in total. The molecule has 0 bridgehead atoms. The standard InChI is InChI=1S/C68H132O6/c1-62(2)54-48-42-36-30-24-18-13-9-7-8-10-15-21-27-33-39-45-51-57-66(69)72-60-65(61-73-67(70)58-52-46-40-34-28-23-17-20-26-32-38-44-50-56-64(5)6)74-68(71)59-53-47-41-35-29-22-16-12-11-14-19-25-31-37-43-49-55-63(3)4/h62-65H,7-61H2,1-6H3/t65-/m0/s1. The molecule has 6 nitrogen and oxygen atoms in total. The zero-order valence-corrected chi connectivity index (χ0v) is 51.1. The molecule has 0 aliphatic heterocycles. The molecule has 0 spiro atoms. The Bertz CT molecular complexity index is 1150. The van der Waals surface area contributed by atoms with Crippen molar-refractivity contribution in [2.75, 3.05) is 13.2 Å². The van der Waals surface area contributed by atoms with E-state index in [9.17, 15) is 14.4 Å². The summed E-state index contributed by atoms with van der Waals surface area (Å²) in [4.78, 5) is 38.4. The molecule has 0 aliphatic carbocycles. The van der Waals surface area contributed by atoms with E-state index in [1.807, 2.05) is 0 Å². The number of carbonyl (C=O) groups is 3. The van der Waals surface area contributed by atoms with Crippen LogP contribution in [0.15, 0.2) is 0 Å². The highest BCUT2D eigenvalue weighted by Gasteiger charge is 2.20. The average molecular weight is 1050 g/mol. The third kappa shape index (κ3) is 61.3. The second-order valence-corrected chi connectivity index (χ2v) is 24.9. The topological polar surface area (TPSA) is 78.9 Å². The van der Waals surface area contributed by atoms with Crippen LogP contribution >= 0.6 is 0 Å². The Hall–Kier alpha value is -1.59. The van der Waals surface area contributed by atoms with Crippen molar-refractivity contribution < 1.29 is 28.6 Å². The van der Waals surface area contributed by atoms with Crippen LogP contribution < -0.4 is 0 Å². The molecule has 0 radical (unpaired) electrons.